The number of hydrogen-bond donors (Lipinski definition) is 4. The van der Waals surface area contributed by atoms with E-state index in [9.17, 15) is 28.4 Å². The van der Waals surface area contributed by atoms with E-state index in [4.69, 9.17) is 0 Å². The molecule has 0 aliphatic heterocycles. The summed E-state index contributed by atoms with van der Waals surface area (Å²) in [6.07, 6.45) is 1.33. The summed E-state index contributed by atoms with van der Waals surface area (Å²) in [6.45, 7) is 1.12. The van der Waals surface area contributed by atoms with Crippen molar-refractivity contribution in [3.05, 3.63) is 69.6 Å². The number of nitrogens with zero attached hydrogens (tertiary/aromatic N) is 2. The number of fused-ring (bicyclic) bond motifs is 1. The molecule has 3 aromatic rings. The van der Waals surface area contributed by atoms with E-state index in [0.29, 0.717) is 6.07 Å². The van der Waals surface area contributed by atoms with E-state index < -0.39 is 40.7 Å². The monoisotopic (exact) mass is 447 g/mol. The summed E-state index contributed by atoms with van der Waals surface area (Å²) in [7, 11) is 1.19. The fourth-order valence-corrected chi connectivity index (χ4v) is 2.89. The minimum atomic E-state index is -1.11. The van der Waals surface area contributed by atoms with Gasteiger partial charge in [0.2, 0.25) is 0 Å². The van der Waals surface area contributed by atoms with Crippen LogP contribution in [-0.2, 0) is 16.1 Å². The molecular weight excluding hydrogens is 428 g/mol. The third-order valence-electron chi connectivity index (χ3n) is 4.56. The Morgan fingerprint density at radius 1 is 1.28 bits per heavy atom. The highest BCUT2D eigenvalue weighted by Gasteiger charge is 2.24. The van der Waals surface area contributed by atoms with Gasteiger partial charge in [-0.05, 0) is 25.1 Å². The van der Waals surface area contributed by atoms with Crippen molar-refractivity contribution in [1.29, 1.82) is 0 Å². The molecule has 0 bridgehead atoms. The molecule has 1 atom stereocenters. The average Bonchev–Trinajstić information content (AvgIpc) is 2.78. The molecule has 168 valence electrons. The van der Waals surface area contributed by atoms with Crippen LogP contribution in [0.5, 0.6) is 0 Å². The lowest BCUT2D eigenvalue weighted by atomic mass is 10.1. The molecule has 4 N–H and O–H groups in total. The van der Waals surface area contributed by atoms with Gasteiger partial charge < -0.3 is 20.7 Å². The lowest BCUT2D eigenvalue weighted by Crippen LogP contribution is -2.41. The predicted octanol–water partition coefficient (Wildman–Crippen LogP) is 1.32. The molecule has 3 rings (SSSR count). The van der Waals surface area contributed by atoms with E-state index in [0.717, 1.165) is 12.1 Å². The maximum Gasteiger partial charge on any atom is 0.324 e. The Balaban J connectivity index is 2.00. The number of halogens is 2. The quantitative estimate of drug-likeness (QED) is 0.242. The zero-order valence-electron chi connectivity index (χ0n) is 17.0. The van der Waals surface area contributed by atoms with Crippen molar-refractivity contribution in [2.75, 3.05) is 12.5 Å². The summed E-state index contributed by atoms with van der Waals surface area (Å²) in [5.74, 6) is -3.23. The number of aromatic nitrogens is 2. The third-order valence-corrected chi connectivity index (χ3v) is 4.56. The van der Waals surface area contributed by atoms with Crippen LogP contribution in [-0.4, -0.2) is 39.9 Å². The Labute approximate surface area is 179 Å². The van der Waals surface area contributed by atoms with E-state index >= 15 is 0 Å². The van der Waals surface area contributed by atoms with Crippen molar-refractivity contribution in [2.45, 2.75) is 19.5 Å². The van der Waals surface area contributed by atoms with Crippen molar-refractivity contribution < 1.29 is 28.3 Å². The number of methoxy groups -OCH3 is 1. The van der Waals surface area contributed by atoms with Crippen molar-refractivity contribution in [1.82, 2.24) is 20.5 Å². The summed E-state index contributed by atoms with van der Waals surface area (Å²) < 4.78 is 31.8. The number of benzene rings is 1. The fourth-order valence-electron chi connectivity index (χ4n) is 2.89. The molecule has 1 aromatic carbocycles. The second-order valence-corrected chi connectivity index (χ2v) is 6.67. The maximum absolute atomic E-state index is 13.9. The molecule has 12 heteroatoms. The molecule has 0 saturated carbocycles. The van der Waals surface area contributed by atoms with Gasteiger partial charge in [0, 0.05) is 29.8 Å². The maximum atomic E-state index is 13.9. The first-order valence-corrected chi connectivity index (χ1v) is 9.29. The zero-order chi connectivity index (χ0) is 23.4. The highest BCUT2D eigenvalue weighted by atomic mass is 19.1. The van der Waals surface area contributed by atoms with Gasteiger partial charge in [-0.3, -0.25) is 14.4 Å². The van der Waals surface area contributed by atoms with Crippen molar-refractivity contribution in [2.24, 2.45) is 0 Å². The van der Waals surface area contributed by atoms with Crippen molar-refractivity contribution >= 4 is 28.6 Å². The van der Waals surface area contributed by atoms with Gasteiger partial charge in [-0.15, -0.1) is 4.73 Å². The number of hydrogen-bond acceptors (Lipinski definition) is 8. The van der Waals surface area contributed by atoms with Gasteiger partial charge in [0.25, 0.3) is 11.5 Å². The highest BCUT2D eigenvalue weighted by molar-refractivity contribution is 6.06. The molecule has 1 amide bonds. The molecule has 0 aliphatic rings. The second-order valence-electron chi connectivity index (χ2n) is 6.67. The molecule has 32 heavy (non-hydrogen) atoms. The minimum absolute atomic E-state index is 0.0153. The second kappa shape index (κ2) is 9.39. The van der Waals surface area contributed by atoms with Crippen LogP contribution in [0.25, 0.3) is 11.0 Å². The SMILES string of the molecule is COC(=O)[C@H](C)NNc1c(C(=O)NCc2ccc(F)cc2F)c(=O)n(O)c2ncccc12. The molecular formula is C20H19F2N5O5. The number of nitrogens with one attached hydrogen (secondary N) is 3. The Hall–Kier alpha value is -4.06. The molecule has 0 radical (unpaired) electrons. The van der Waals surface area contributed by atoms with Crippen LogP contribution < -0.4 is 21.7 Å². The summed E-state index contributed by atoms with van der Waals surface area (Å²) >= 11 is 0. The first kappa shape index (κ1) is 22.6. The van der Waals surface area contributed by atoms with Crippen LogP contribution in [0.2, 0.25) is 0 Å². The summed E-state index contributed by atoms with van der Waals surface area (Å²) in [5.41, 5.74) is 3.38. The number of esters is 1. The number of carbonyl (C=O) groups is 2. The average molecular weight is 447 g/mol. The van der Waals surface area contributed by atoms with E-state index in [2.05, 4.69) is 25.9 Å². The van der Waals surface area contributed by atoms with Crippen molar-refractivity contribution in [3.63, 3.8) is 0 Å². The van der Waals surface area contributed by atoms with Crippen LogP contribution >= 0.6 is 0 Å². The Kier molecular flexibility index (Phi) is 6.64. The summed E-state index contributed by atoms with van der Waals surface area (Å²) in [4.78, 5) is 41.2. The lowest BCUT2D eigenvalue weighted by Gasteiger charge is -2.18. The summed E-state index contributed by atoms with van der Waals surface area (Å²) in [6, 6.07) is 4.97. The molecule has 0 unspecified atom stereocenters. The van der Waals surface area contributed by atoms with Crippen LogP contribution in [0.15, 0.2) is 41.3 Å². The first-order chi connectivity index (χ1) is 15.2. The van der Waals surface area contributed by atoms with Gasteiger partial charge in [0.05, 0.1) is 12.8 Å². The molecule has 0 fully saturated rings. The number of pyridine rings is 2. The van der Waals surface area contributed by atoms with Gasteiger partial charge >= 0.3 is 5.97 Å². The normalized spacial score (nSPS) is 11.8. The van der Waals surface area contributed by atoms with Crippen molar-refractivity contribution in [3.8, 4) is 0 Å². The molecule has 10 nitrogen and oxygen atoms in total. The van der Waals surface area contributed by atoms with E-state index in [1.54, 1.807) is 0 Å². The lowest BCUT2D eigenvalue weighted by molar-refractivity contribution is -0.142. The Morgan fingerprint density at radius 3 is 2.72 bits per heavy atom. The van der Waals surface area contributed by atoms with E-state index in [-0.39, 0.29) is 33.6 Å². The molecule has 2 aromatic heterocycles. The van der Waals surface area contributed by atoms with Crippen LogP contribution in [0.4, 0.5) is 14.5 Å². The first-order valence-electron chi connectivity index (χ1n) is 9.29. The third kappa shape index (κ3) is 4.49. The summed E-state index contributed by atoms with van der Waals surface area (Å²) in [5, 5.41) is 12.8. The van der Waals surface area contributed by atoms with Gasteiger partial charge in [-0.25, -0.2) is 19.2 Å². The molecule has 0 aliphatic carbocycles. The number of anilines is 1. The number of carbonyl (C=O) groups excluding carboxylic acids is 2. The van der Waals surface area contributed by atoms with Crippen LogP contribution in [0.3, 0.4) is 0 Å². The Morgan fingerprint density at radius 2 is 2.03 bits per heavy atom. The van der Waals surface area contributed by atoms with Crippen LogP contribution in [0, 0.1) is 11.6 Å². The van der Waals surface area contributed by atoms with Gasteiger partial charge in [0.15, 0.2) is 5.65 Å². The predicted molar refractivity (Wildman–Crippen MR) is 109 cm³/mol. The Bertz CT molecular complexity index is 1250. The molecule has 0 spiro atoms. The topological polar surface area (TPSA) is 135 Å². The number of amides is 1. The largest absolute Gasteiger partial charge is 0.468 e. The molecule has 0 saturated heterocycles. The van der Waals surface area contributed by atoms with E-state index in [1.807, 2.05) is 0 Å². The zero-order valence-corrected chi connectivity index (χ0v) is 17.0. The standard InChI is InChI=1S/C20H19F2N5O5/c1-10(20(30)32-2)25-26-16-13-4-3-7-23-17(13)27(31)19(29)15(16)18(28)24-9-11-5-6-12(21)8-14(11)22/h3-8,10,25-26,31H,9H2,1-2H3,(H,24,28)/t10-/m0/s1. The van der Waals surface area contributed by atoms with E-state index in [1.165, 1.54) is 32.4 Å². The fraction of sp³-hybridized carbons (Fsp3) is 0.200. The smallest absolute Gasteiger partial charge is 0.324 e. The number of ether oxygens (including phenoxy) is 1. The van der Waals surface area contributed by atoms with Gasteiger partial charge in [-0.1, -0.05) is 6.07 Å². The van der Waals surface area contributed by atoms with Gasteiger partial charge in [0.1, 0.15) is 23.2 Å². The van der Waals surface area contributed by atoms with Gasteiger partial charge in [-0.2, -0.15) is 0 Å². The minimum Gasteiger partial charge on any atom is -0.468 e. The van der Waals surface area contributed by atoms with Crippen LogP contribution in [0.1, 0.15) is 22.8 Å². The highest BCUT2D eigenvalue weighted by Crippen LogP contribution is 2.23. The number of hydrazine groups is 1. The molecule has 2 heterocycles. The number of rotatable bonds is 7.